The highest BCUT2D eigenvalue weighted by Crippen LogP contribution is 2.44. The first-order valence-electron chi connectivity index (χ1n) is 16.2. The minimum absolute atomic E-state index is 0.000650. The van der Waals surface area contributed by atoms with Gasteiger partial charge in [0.25, 0.3) is 5.91 Å². The highest BCUT2D eigenvalue weighted by molar-refractivity contribution is 7.91. The summed E-state index contributed by atoms with van der Waals surface area (Å²) >= 11 is 0. The van der Waals surface area contributed by atoms with Gasteiger partial charge in [-0.3, -0.25) is 4.79 Å². The lowest BCUT2D eigenvalue weighted by Gasteiger charge is -2.31. The second-order valence-electron chi connectivity index (χ2n) is 11.6. The summed E-state index contributed by atoms with van der Waals surface area (Å²) < 4.78 is 50.5. The van der Waals surface area contributed by atoms with E-state index < -0.39 is 33.1 Å². The number of methoxy groups -OCH3 is 2. The van der Waals surface area contributed by atoms with Gasteiger partial charge in [0.1, 0.15) is 17.2 Å². The molecule has 14 heteroatoms. The Bertz CT molecular complexity index is 2000. The van der Waals surface area contributed by atoms with Crippen molar-refractivity contribution in [1.29, 1.82) is 0 Å². The maximum atomic E-state index is 14.7. The Morgan fingerprint density at radius 2 is 1.71 bits per heavy atom. The molecular formula is C37H39N5O8S. The number of aliphatic hydroxyl groups is 1. The van der Waals surface area contributed by atoms with E-state index in [-0.39, 0.29) is 36.9 Å². The van der Waals surface area contributed by atoms with Crippen LogP contribution in [0.3, 0.4) is 0 Å². The van der Waals surface area contributed by atoms with Crippen LogP contribution in [0.4, 0.5) is 0 Å². The van der Waals surface area contributed by atoms with Crippen LogP contribution < -0.4 is 19.5 Å². The zero-order chi connectivity index (χ0) is 36.3. The number of rotatable bonds is 17. The first-order valence-corrected chi connectivity index (χ1v) is 17.9. The summed E-state index contributed by atoms with van der Waals surface area (Å²) in [5.41, 5.74) is 9.61. The summed E-state index contributed by atoms with van der Waals surface area (Å²) in [5, 5.41) is 15.8. The first-order chi connectivity index (χ1) is 24.7. The molecule has 51 heavy (non-hydrogen) atoms. The van der Waals surface area contributed by atoms with Crippen LogP contribution in [0.5, 0.6) is 17.2 Å². The number of azide groups is 1. The largest absolute Gasteiger partial charge is 0.497 e. The quantitative estimate of drug-likeness (QED) is 0.0604. The SMILES string of the molecule is COc1ccc(CNC(=O)[C@]2(CCS(=O)(=O)c3ccccc3)N=C(c3ccc(OCCCO)cc3)O[C@@H]2c2ccccc2CN=[N+]=[N-])c(OC)c1. The molecule has 266 valence electrons. The monoisotopic (exact) mass is 713 g/mol. The van der Waals surface area contributed by atoms with Crippen molar-refractivity contribution in [2.24, 2.45) is 10.1 Å². The predicted octanol–water partition coefficient (Wildman–Crippen LogP) is 5.71. The number of hydrogen-bond donors (Lipinski definition) is 2. The number of sulfone groups is 1. The van der Waals surface area contributed by atoms with Crippen molar-refractivity contribution in [3.63, 3.8) is 0 Å². The number of aliphatic imine (C=N–C) groups is 1. The van der Waals surface area contributed by atoms with Gasteiger partial charge >= 0.3 is 0 Å². The van der Waals surface area contributed by atoms with Crippen LogP contribution in [0.25, 0.3) is 10.4 Å². The molecule has 4 aromatic carbocycles. The summed E-state index contributed by atoms with van der Waals surface area (Å²) in [7, 11) is -0.824. The molecule has 1 aliphatic rings. The van der Waals surface area contributed by atoms with Crippen molar-refractivity contribution in [2.45, 2.75) is 42.5 Å². The van der Waals surface area contributed by atoms with Crippen molar-refractivity contribution in [3.05, 3.63) is 130 Å². The van der Waals surface area contributed by atoms with Gasteiger partial charge in [-0.15, -0.1) is 0 Å². The van der Waals surface area contributed by atoms with Crippen molar-refractivity contribution in [1.82, 2.24) is 5.32 Å². The fraction of sp³-hybridized carbons (Fsp3) is 0.297. The molecule has 0 saturated heterocycles. The number of benzene rings is 4. The maximum absolute atomic E-state index is 14.7. The lowest BCUT2D eigenvalue weighted by molar-refractivity contribution is -0.129. The number of nitrogens with zero attached hydrogens (tertiary/aromatic N) is 4. The van der Waals surface area contributed by atoms with E-state index in [1.54, 1.807) is 84.9 Å². The Hall–Kier alpha value is -5.56. The molecule has 0 aliphatic carbocycles. The average Bonchev–Trinajstić information content (AvgIpc) is 3.56. The van der Waals surface area contributed by atoms with Crippen LogP contribution in [0.1, 0.15) is 41.2 Å². The molecule has 4 aromatic rings. The Kier molecular flexibility index (Phi) is 12.2. The minimum atomic E-state index is -3.87. The molecule has 0 fully saturated rings. The number of hydrogen-bond acceptors (Lipinski definition) is 10. The Labute approximate surface area is 296 Å². The second kappa shape index (κ2) is 16.9. The third-order valence-electron chi connectivity index (χ3n) is 8.46. The van der Waals surface area contributed by atoms with Gasteiger partial charge in [0.2, 0.25) is 5.90 Å². The van der Waals surface area contributed by atoms with Crippen LogP contribution in [0.15, 0.2) is 112 Å². The highest BCUT2D eigenvalue weighted by Gasteiger charge is 2.54. The van der Waals surface area contributed by atoms with E-state index in [1.165, 1.54) is 26.4 Å². The van der Waals surface area contributed by atoms with Crippen LogP contribution in [0, 0.1) is 0 Å². The summed E-state index contributed by atoms with van der Waals surface area (Å²) in [6.45, 7) is 0.317. The summed E-state index contributed by atoms with van der Waals surface area (Å²) in [6.07, 6.45) is -0.885. The number of amides is 1. The van der Waals surface area contributed by atoms with Gasteiger partial charge in [0.15, 0.2) is 21.5 Å². The molecule has 5 rings (SSSR count). The van der Waals surface area contributed by atoms with E-state index in [0.717, 1.165) is 0 Å². The number of aliphatic hydroxyl groups excluding tert-OH is 1. The fourth-order valence-corrected chi connectivity index (χ4v) is 7.14. The van der Waals surface area contributed by atoms with Gasteiger partial charge in [-0.2, -0.15) is 0 Å². The van der Waals surface area contributed by atoms with Gasteiger partial charge in [-0.1, -0.05) is 47.6 Å². The lowest BCUT2D eigenvalue weighted by atomic mass is 9.83. The molecule has 0 bridgehead atoms. The standard InChI is InChI=1S/C37H39N5O8S/c1-47-30-18-15-28(33(23-30)48-2)24-39-36(44)37(19-22-51(45,46)31-10-4-3-5-11-31)34(32-12-7-6-9-27(32)25-40-42-38)50-35(41-37)26-13-16-29(17-14-26)49-21-8-20-43/h3-7,9-18,23,34,43H,8,19-22,24-25H2,1-2H3,(H,39,44)/t34-,37-/m1/s1. The summed E-state index contributed by atoms with van der Waals surface area (Å²) in [5.74, 6) is 0.738. The minimum Gasteiger partial charge on any atom is -0.497 e. The Morgan fingerprint density at radius 3 is 2.41 bits per heavy atom. The Morgan fingerprint density at radius 1 is 0.980 bits per heavy atom. The first kappa shape index (κ1) is 36.7. The molecule has 0 saturated carbocycles. The van der Waals surface area contributed by atoms with Crippen LogP contribution in [-0.2, 0) is 32.5 Å². The van der Waals surface area contributed by atoms with E-state index in [1.807, 2.05) is 0 Å². The van der Waals surface area contributed by atoms with E-state index in [2.05, 4.69) is 15.3 Å². The summed E-state index contributed by atoms with van der Waals surface area (Å²) in [6, 6.07) is 27.2. The molecule has 2 N–H and O–H groups in total. The van der Waals surface area contributed by atoms with Crippen LogP contribution >= 0.6 is 0 Å². The molecule has 2 atom stereocenters. The van der Waals surface area contributed by atoms with Crippen LogP contribution in [0.2, 0.25) is 0 Å². The fourth-order valence-electron chi connectivity index (χ4n) is 5.75. The molecule has 0 radical (unpaired) electrons. The number of carbonyl (C=O) groups is 1. The number of carbonyl (C=O) groups excluding carboxylic acids is 1. The van der Waals surface area contributed by atoms with Gasteiger partial charge in [-0.25, -0.2) is 13.4 Å². The third-order valence-corrected chi connectivity index (χ3v) is 10.2. The van der Waals surface area contributed by atoms with Gasteiger partial charge in [0, 0.05) is 48.1 Å². The maximum Gasteiger partial charge on any atom is 0.252 e. The van der Waals surface area contributed by atoms with Gasteiger partial charge in [0.05, 0.1) is 38.0 Å². The lowest BCUT2D eigenvalue weighted by Crippen LogP contribution is -2.49. The molecule has 1 amide bonds. The smallest absolute Gasteiger partial charge is 0.252 e. The second-order valence-corrected chi connectivity index (χ2v) is 13.7. The average molecular weight is 714 g/mol. The van der Waals surface area contributed by atoms with E-state index in [9.17, 15) is 13.2 Å². The van der Waals surface area contributed by atoms with E-state index in [4.69, 9.17) is 34.6 Å². The number of nitrogens with one attached hydrogen (secondary N) is 1. The molecule has 13 nitrogen and oxygen atoms in total. The van der Waals surface area contributed by atoms with Gasteiger partial charge in [-0.05, 0) is 65.2 Å². The van der Waals surface area contributed by atoms with Gasteiger partial charge < -0.3 is 29.4 Å². The molecule has 0 spiro atoms. The van der Waals surface area contributed by atoms with E-state index in [0.29, 0.717) is 52.5 Å². The zero-order valence-corrected chi connectivity index (χ0v) is 29.1. The number of ether oxygens (including phenoxy) is 4. The molecular weight excluding hydrogens is 675 g/mol. The van der Waals surface area contributed by atoms with Crippen molar-refractivity contribution >= 4 is 21.6 Å². The van der Waals surface area contributed by atoms with Crippen molar-refractivity contribution < 1.29 is 37.3 Å². The van der Waals surface area contributed by atoms with Crippen LogP contribution in [-0.4, -0.2) is 64.1 Å². The molecule has 1 aliphatic heterocycles. The summed E-state index contributed by atoms with van der Waals surface area (Å²) in [4.78, 5) is 22.7. The topological polar surface area (TPSA) is 182 Å². The normalized spacial score (nSPS) is 16.7. The van der Waals surface area contributed by atoms with Crippen molar-refractivity contribution in [2.75, 3.05) is 33.2 Å². The molecule has 1 heterocycles. The molecule has 0 unspecified atom stereocenters. The predicted molar refractivity (Wildman–Crippen MR) is 191 cm³/mol. The van der Waals surface area contributed by atoms with E-state index >= 15 is 0 Å². The third kappa shape index (κ3) is 8.61. The Balaban J connectivity index is 1.61. The zero-order valence-electron chi connectivity index (χ0n) is 28.3. The highest BCUT2D eigenvalue weighted by atomic mass is 32.2. The van der Waals surface area contributed by atoms with Crippen molar-refractivity contribution in [3.8, 4) is 17.2 Å². The molecule has 0 aromatic heterocycles.